The molecule has 0 saturated carbocycles. The summed E-state index contributed by atoms with van der Waals surface area (Å²) < 4.78 is 75.0. The highest BCUT2D eigenvalue weighted by molar-refractivity contribution is 6.01. The van der Waals surface area contributed by atoms with Gasteiger partial charge in [0.05, 0.1) is 0 Å². The summed E-state index contributed by atoms with van der Waals surface area (Å²) in [6.45, 7) is 5.80. The topological polar surface area (TPSA) is 568 Å². The Morgan fingerprint density at radius 2 is 0.667 bits per heavy atom. The third-order valence-corrected chi connectivity index (χ3v) is 13.4. The SMILES string of the molecule is CC(=O)OCOC(=O)NCCN(CCN(CCCC(=O)OCc1ccccc1)C(=O)OCOC(C)=O)C(=O)OCOC(C)=O.CC(=O)OCOC(=O)NCCN(CCN(CCN)C(=O)OCOC(C)=O)C(=O)OCOC(C)=O.CC(=O)OCOC(=O)ON1C(=O)CCC1=O.NCCCCCNCCCC(=O)OCc1ccccc1. The molecule has 0 aliphatic carbocycles. The number of benzene rings is 2. The third-order valence-electron chi connectivity index (χ3n) is 13.4. The van der Waals surface area contributed by atoms with E-state index in [1.165, 1.54) is 11.3 Å². The van der Waals surface area contributed by atoms with E-state index in [2.05, 4.69) is 68.2 Å². The number of hydrogen-bond donors (Lipinski definition) is 5. The van der Waals surface area contributed by atoms with Gasteiger partial charge >= 0.3 is 96.4 Å². The highest BCUT2D eigenvalue weighted by Crippen LogP contribution is 2.13. The quantitative estimate of drug-likeness (QED) is 0.0209. The van der Waals surface area contributed by atoms with E-state index in [1.807, 2.05) is 48.5 Å². The van der Waals surface area contributed by atoms with Crippen molar-refractivity contribution in [2.45, 2.75) is 119 Å². The second-order valence-electron chi connectivity index (χ2n) is 22.5. The predicted octanol–water partition coefficient (Wildman–Crippen LogP) is 2.74. The molecule has 1 saturated heterocycles. The van der Waals surface area contributed by atoms with Crippen molar-refractivity contribution in [3.05, 3.63) is 71.8 Å². The molecule has 8 amide bonds. The molecule has 3 rings (SSSR count). The summed E-state index contributed by atoms with van der Waals surface area (Å²) in [6.07, 6.45) is -1.89. The van der Waals surface area contributed by atoms with E-state index in [4.69, 9.17) is 39.9 Å². The highest BCUT2D eigenvalue weighted by atomic mass is 16.9. The lowest BCUT2D eigenvalue weighted by atomic mass is 10.2. The molecule has 1 aliphatic heterocycles. The summed E-state index contributed by atoms with van der Waals surface area (Å²) in [7, 11) is 0. The lowest BCUT2D eigenvalue weighted by molar-refractivity contribution is -0.182. The van der Waals surface area contributed by atoms with Crippen molar-refractivity contribution < 1.29 is 167 Å². The lowest BCUT2D eigenvalue weighted by Gasteiger charge is -2.27. The number of carbonyl (C=O) groups is 18. The fourth-order valence-corrected chi connectivity index (χ4v) is 7.86. The maximum atomic E-state index is 12.7. The van der Waals surface area contributed by atoms with Crippen molar-refractivity contribution in [1.82, 2.24) is 40.6 Å². The van der Waals surface area contributed by atoms with E-state index in [0.717, 1.165) is 113 Å². The van der Waals surface area contributed by atoms with Crippen molar-refractivity contribution in [2.24, 2.45) is 11.5 Å². The van der Waals surface area contributed by atoms with Crippen molar-refractivity contribution in [2.75, 3.05) is 139 Å². The number of imide groups is 1. The Balaban J connectivity index is 0.00000160. The molecule has 1 heterocycles. The first-order chi connectivity index (χ1) is 54.4. The van der Waals surface area contributed by atoms with E-state index in [9.17, 15) is 86.3 Å². The Hall–Kier alpha value is -12.4. The van der Waals surface area contributed by atoms with E-state index < -0.39 is 150 Å². The fraction of sp³-hybridized carbons (Fsp3) is 0.565. The smallest absolute Gasteiger partial charge is 0.461 e. The molecule has 0 atom stereocenters. The third kappa shape index (κ3) is 57.6. The van der Waals surface area contributed by atoms with Crippen LogP contribution in [0.2, 0.25) is 0 Å². The van der Waals surface area contributed by atoms with Gasteiger partial charge in [0.15, 0.2) is 0 Å². The van der Waals surface area contributed by atoms with Gasteiger partial charge in [-0.25, -0.2) is 33.6 Å². The Labute approximate surface area is 655 Å². The molecule has 45 heteroatoms. The average Bonchev–Trinajstić information content (AvgIpc) is 1.81. The molecule has 0 bridgehead atoms. The Morgan fingerprint density at radius 3 is 1.02 bits per heavy atom. The van der Waals surface area contributed by atoms with Gasteiger partial charge < -0.3 is 123 Å². The van der Waals surface area contributed by atoms with Crippen LogP contribution >= 0.6 is 0 Å². The zero-order chi connectivity index (χ0) is 85.3. The summed E-state index contributed by atoms with van der Waals surface area (Å²) in [4.78, 5) is 214. The van der Waals surface area contributed by atoms with Crippen molar-refractivity contribution in [3.8, 4) is 0 Å². The number of rotatable bonds is 46. The molecule has 0 unspecified atom stereocenters. The van der Waals surface area contributed by atoms with Crippen LogP contribution in [0.15, 0.2) is 60.7 Å². The van der Waals surface area contributed by atoms with Crippen LogP contribution in [0.5, 0.6) is 0 Å². The van der Waals surface area contributed by atoms with Gasteiger partial charge in [0, 0.05) is 146 Å². The number of hydroxylamine groups is 2. The van der Waals surface area contributed by atoms with Gasteiger partial charge in [0.25, 0.3) is 11.8 Å². The molecule has 114 heavy (non-hydrogen) atoms. The van der Waals surface area contributed by atoms with Crippen LogP contribution in [0.3, 0.4) is 0 Å². The Bertz CT molecular complexity index is 3290. The van der Waals surface area contributed by atoms with Crippen LogP contribution in [0, 0.1) is 0 Å². The minimum absolute atomic E-state index is 0.00357. The van der Waals surface area contributed by atoms with Gasteiger partial charge in [0.2, 0.25) is 47.6 Å². The normalized spacial score (nSPS) is 10.7. The van der Waals surface area contributed by atoms with Crippen LogP contribution < -0.4 is 27.4 Å². The first-order valence-electron chi connectivity index (χ1n) is 35.0. The first kappa shape index (κ1) is 102. The van der Waals surface area contributed by atoms with Crippen molar-refractivity contribution in [1.29, 1.82) is 0 Å². The molecule has 45 nitrogen and oxygen atoms in total. The summed E-state index contributed by atoms with van der Waals surface area (Å²) in [5.74, 6) is -6.45. The monoisotopic (exact) mass is 1630 g/mol. The number of nitrogens with two attached hydrogens (primary N) is 2. The number of esters is 9. The highest BCUT2D eigenvalue weighted by Gasteiger charge is 2.34. The van der Waals surface area contributed by atoms with E-state index >= 15 is 0 Å². The maximum absolute atomic E-state index is 12.7. The van der Waals surface area contributed by atoms with E-state index in [0.29, 0.717) is 18.1 Å². The number of alkyl carbamates (subject to hydrolysis) is 2. The summed E-state index contributed by atoms with van der Waals surface area (Å²) in [6, 6.07) is 18.8. The van der Waals surface area contributed by atoms with E-state index in [1.54, 1.807) is 12.1 Å². The summed E-state index contributed by atoms with van der Waals surface area (Å²) in [5, 5.41) is 8.33. The van der Waals surface area contributed by atoms with Crippen LogP contribution in [-0.4, -0.2) is 272 Å². The maximum Gasteiger partial charge on any atom is 0.536 e. The number of hydrogen-bond acceptors (Lipinski definition) is 38. The number of unbranched alkanes of at least 4 members (excludes halogenated alkanes) is 2. The second kappa shape index (κ2) is 64.3. The number of nitrogens with zero attached hydrogens (tertiary/aromatic N) is 5. The molecule has 1 fully saturated rings. The van der Waals surface area contributed by atoms with Crippen LogP contribution in [-0.2, 0) is 147 Å². The Kier molecular flexibility index (Phi) is 57.3. The van der Waals surface area contributed by atoms with Gasteiger partial charge in [-0.3, -0.25) is 57.6 Å². The fourth-order valence-electron chi connectivity index (χ4n) is 7.86. The number of nitrogens with one attached hydrogen (secondary N) is 3. The van der Waals surface area contributed by atoms with Gasteiger partial charge in [-0.1, -0.05) is 72.1 Å². The van der Waals surface area contributed by atoms with Crippen LogP contribution in [0.4, 0.5) is 33.6 Å². The zero-order valence-corrected chi connectivity index (χ0v) is 64.6. The molecule has 0 radical (unpaired) electrons. The predicted molar refractivity (Wildman–Crippen MR) is 382 cm³/mol. The molecular formula is C69H102N10O35. The Morgan fingerprint density at radius 1 is 0.342 bits per heavy atom. The molecule has 1 aliphatic rings. The average molecular weight is 1630 g/mol. The molecular weight excluding hydrogens is 1530 g/mol. The molecule has 2 aromatic rings. The first-order valence-corrected chi connectivity index (χ1v) is 35.0. The zero-order valence-electron chi connectivity index (χ0n) is 64.6. The minimum atomic E-state index is -1.29. The summed E-state index contributed by atoms with van der Waals surface area (Å²) >= 11 is 0. The molecule has 0 aromatic heterocycles. The van der Waals surface area contributed by atoms with Crippen molar-refractivity contribution in [3.63, 3.8) is 0 Å². The summed E-state index contributed by atoms with van der Waals surface area (Å²) in [5.41, 5.74) is 12.8. The number of amides is 8. The standard InChI is InChI=1S/C27H37N3O14.C18H30N4O12.C16H26N2O2.C8H9NO7/c1-20(31)39-17-42-25(35)28-11-13-30(27(37)44-19-41-22(3)33)15-14-29(26(36)43-18-40-21(2)32)12-7-10-24(34)38-16-23-8-5-4-6-9-23;1-13(23)29-10-32-16(26)20-5-7-22(18(28)34-12-31-15(3)25)9-8-21(6-4-19)17(27)33-11-30-14(2)24;17-11-5-2-6-12-18-13-7-10-16(19)20-14-15-8-3-1-4-9-15;1-5(10)14-4-15-8(13)16-9-6(11)2-3-7(9)12/h4-6,8-9H,7,10-19H2,1-3H3,(H,28,35);4-12,19H2,1-3H3,(H,20,26);1,3-4,8-9,18H,2,5-7,10-14,17H2;2-4H2,1H3. The molecule has 7 N–H and O–H groups in total. The number of ether oxygens (including phenoxy) is 16. The lowest BCUT2D eigenvalue weighted by Crippen LogP contribution is -2.45. The van der Waals surface area contributed by atoms with Crippen molar-refractivity contribution >= 4 is 108 Å². The van der Waals surface area contributed by atoms with Gasteiger partial charge in [-0.15, -0.1) is 0 Å². The van der Waals surface area contributed by atoms with Crippen LogP contribution in [0.1, 0.15) is 117 Å². The van der Waals surface area contributed by atoms with E-state index in [-0.39, 0.29) is 110 Å². The van der Waals surface area contributed by atoms with Gasteiger partial charge in [0.1, 0.15) is 13.2 Å². The molecule has 0 spiro atoms. The largest absolute Gasteiger partial charge is 0.536 e. The second-order valence-corrected chi connectivity index (χ2v) is 22.5. The molecule has 2 aromatic carbocycles. The van der Waals surface area contributed by atoms with Gasteiger partial charge in [-0.05, 0) is 56.4 Å². The van der Waals surface area contributed by atoms with Gasteiger partial charge in [-0.2, -0.15) is 0 Å². The minimum Gasteiger partial charge on any atom is -0.461 e. The van der Waals surface area contributed by atoms with Crippen LogP contribution in [0.25, 0.3) is 0 Å². The number of carbonyl (C=O) groups excluding carboxylic acids is 18. The molecule has 638 valence electrons.